The molecule has 1 N–H and O–H groups in total. The third kappa shape index (κ3) is 6.55. The average molecular weight is 517 g/mol. The molecule has 0 fully saturated rings. The number of ether oxygens (including phenoxy) is 2. The van der Waals surface area contributed by atoms with Crippen molar-refractivity contribution in [1.29, 1.82) is 0 Å². The number of rotatable bonds is 8. The van der Waals surface area contributed by atoms with Crippen molar-refractivity contribution in [3.05, 3.63) is 46.2 Å². The van der Waals surface area contributed by atoms with E-state index < -0.39 is 0 Å². The lowest BCUT2D eigenvalue weighted by atomic mass is 9.91. The number of nitrogens with zero attached hydrogens (tertiary/aromatic N) is 2. The zero-order valence-corrected chi connectivity index (χ0v) is 20.8. The average Bonchev–Trinajstić information content (AvgIpc) is 3.22. The summed E-state index contributed by atoms with van der Waals surface area (Å²) < 4.78 is 10.7. The minimum Gasteiger partial charge on any atom is -0.493 e. The van der Waals surface area contributed by atoms with Crippen LogP contribution in [-0.4, -0.2) is 52.3 Å². The number of aliphatic imine (C=N–C) groups is 1. The van der Waals surface area contributed by atoms with Crippen LogP contribution in [0.3, 0.4) is 0 Å². The normalized spacial score (nSPS) is 11.6. The van der Waals surface area contributed by atoms with Gasteiger partial charge < -0.3 is 19.7 Å². The van der Waals surface area contributed by atoms with Crippen molar-refractivity contribution < 1.29 is 9.47 Å². The van der Waals surface area contributed by atoms with Crippen LogP contribution in [0.2, 0.25) is 0 Å². The molecule has 7 heteroatoms. The maximum Gasteiger partial charge on any atom is 0.193 e. The predicted octanol–water partition coefficient (Wildman–Crippen LogP) is 4.41. The molecule has 156 valence electrons. The minimum atomic E-state index is 0. The van der Waals surface area contributed by atoms with Gasteiger partial charge in [-0.2, -0.15) is 0 Å². The first-order valence-electron chi connectivity index (χ1n) is 9.08. The van der Waals surface area contributed by atoms with Crippen LogP contribution in [0.25, 0.3) is 0 Å². The zero-order chi connectivity index (χ0) is 19.9. The van der Waals surface area contributed by atoms with Crippen molar-refractivity contribution in [3.8, 4) is 11.5 Å². The maximum absolute atomic E-state index is 5.39. The van der Waals surface area contributed by atoms with Gasteiger partial charge in [0, 0.05) is 37.5 Å². The lowest BCUT2D eigenvalue weighted by molar-refractivity contribution is 0.354. The monoisotopic (exact) mass is 517 g/mol. The molecular weight excluding hydrogens is 485 g/mol. The summed E-state index contributed by atoms with van der Waals surface area (Å²) in [4.78, 5) is 7.96. The van der Waals surface area contributed by atoms with E-state index in [2.05, 4.69) is 59.7 Å². The van der Waals surface area contributed by atoms with Gasteiger partial charge in [-0.05, 0) is 35.6 Å². The van der Waals surface area contributed by atoms with Gasteiger partial charge in [0.25, 0.3) is 0 Å². The summed E-state index contributed by atoms with van der Waals surface area (Å²) in [5.41, 5.74) is 1.27. The Hall–Kier alpha value is -1.48. The van der Waals surface area contributed by atoms with E-state index in [4.69, 9.17) is 9.47 Å². The SMILES string of the molecule is CN=C(NCC(C)(C)c1cccs1)N(C)CCc1ccc(OC)c(OC)c1.I. The van der Waals surface area contributed by atoms with Crippen molar-refractivity contribution in [1.82, 2.24) is 10.2 Å². The first-order chi connectivity index (χ1) is 12.9. The van der Waals surface area contributed by atoms with E-state index in [1.165, 1.54) is 10.4 Å². The van der Waals surface area contributed by atoms with E-state index >= 15 is 0 Å². The lowest BCUT2D eigenvalue weighted by Gasteiger charge is -2.28. The van der Waals surface area contributed by atoms with Crippen LogP contribution in [-0.2, 0) is 11.8 Å². The summed E-state index contributed by atoms with van der Waals surface area (Å²) in [7, 11) is 7.20. The molecule has 28 heavy (non-hydrogen) atoms. The summed E-state index contributed by atoms with van der Waals surface area (Å²) in [6.07, 6.45) is 0.895. The Labute approximate surface area is 190 Å². The van der Waals surface area contributed by atoms with Crippen LogP contribution in [0.1, 0.15) is 24.3 Å². The molecule has 2 aromatic rings. The molecule has 0 saturated carbocycles. The van der Waals surface area contributed by atoms with E-state index in [0.29, 0.717) is 0 Å². The van der Waals surface area contributed by atoms with Crippen molar-refractivity contribution in [2.24, 2.45) is 4.99 Å². The highest BCUT2D eigenvalue weighted by atomic mass is 127. The molecule has 0 aliphatic rings. The number of likely N-dealkylation sites (N-methyl/N-ethyl adjacent to an activating group) is 1. The van der Waals surface area contributed by atoms with E-state index in [0.717, 1.165) is 37.0 Å². The van der Waals surface area contributed by atoms with Gasteiger partial charge in [0.05, 0.1) is 14.2 Å². The molecule has 0 unspecified atom stereocenters. The lowest BCUT2D eigenvalue weighted by Crippen LogP contribution is -2.44. The van der Waals surface area contributed by atoms with Crippen LogP contribution in [0.5, 0.6) is 11.5 Å². The van der Waals surface area contributed by atoms with E-state index in [1.807, 2.05) is 19.2 Å². The molecule has 0 saturated heterocycles. The van der Waals surface area contributed by atoms with Crippen LogP contribution in [0.4, 0.5) is 0 Å². The summed E-state index contributed by atoms with van der Waals surface area (Å²) in [6.45, 7) is 6.20. The molecular formula is C21H32IN3O2S. The highest BCUT2D eigenvalue weighted by molar-refractivity contribution is 14.0. The molecule has 5 nitrogen and oxygen atoms in total. The second kappa shape index (κ2) is 11.5. The van der Waals surface area contributed by atoms with Gasteiger partial charge in [0.1, 0.15) is 0 Å². The van der Waals surface area contributed by atoms with Crippen molar-refractivity contribution in [2.45, 2.75) is 25.7 Å². The van der Waals surface area contributed by atoms with Gasteiger partial charge >= 0.3 is 0 Å². The fourth-order valence-corrected chi connectivity index (χ4v) is 3.73. The highest BCUT2D eigenvalue weighted by Gasteiger charge is 2.22. The Morgan fingerprint density at radius 2 is 1.89 bits per heavy atom. The second-order valence-electron chi connectivity index (χ2n) is 7.12. The number of hydrogen-bond acceptors (Lipinski definition) is 4. The third-order valence-electron chi connectivity index (χ3n) is 4.63. The summed E-state index contributed by atoms with van der Waals surface area (Å²) in [6, 6.07) is 10.3. The first kappa shape index (κ1) is 24.6. The molecule has 0 aliphatic carbocycles. The smallest absolute Gasteiger partial charge is 0.193 e. The largest absolute Gasteiger partial charge is 0.493 e. The third-order valence-corrected chi connectivity index (χ3v) is 5.87. The fraction of sp³-hybridized carbons (Fsp3) is 0.476. The molecule has 1 aromatic carbocycles. The predicted molar refractivity (Wildman–Crippen MR) is 130 cm³/mol. The molecule has 1 aromatic heterocycles. The molecule has 2 rings (SSSR count). The number of guanidine groups is 1. The van der Waals surface area contributed by atoms with Gasteiger partial charge in [0.2, 0.25) is 0 Å². The number of nitrogens with one attached hydrogen (secondary N) is 1. The zero-order valence-electron chi connectivity index (χ0n) is 17.6. The molecule has 0 bridgehead atoms. The molecule has 1 heterocycles. The summed E-state index contributed by atoms with van der Waals surface area (Å²) in [5.74, 6) is 2.42. The number of benzene rings is 1. The fourth-order valence-electron chi connectivity index (χ4n) is 2.87. The van der Waals surface area contributed by atoms with Gasteiger partial charge in [-0.15, -0.1) is 35.3 Å². The van der Waals surface area contributed by atoms with E-state index in [1.54, 1.807) is 25.6 Å². The van der Waals surface area contributed by atoms with Crippen LogP contribution < -0.4 is 14.8 Å². The van der Waals surface area contributed by atoms with Gasteiger partial charge in [0.15, 0.2) is 17.5 Å². The van der Waals surface area contributed by atoms with Crippen LogP contribution in [0, 0.1) is 0 Å². The summed E-state index contributed by atoms with van der Waals surface area (Å²) >= 11 is 1.80. The number of methoxy groups -OCH3 is 2. The topological polar surface area (TPSA) is 46.1 Å². The summed E-state index contributed by atoms with van der Waals surface area (Å²) in [5, 5.41) is 5.64. The molecule has 0 amide bonds. The van der Waals surface area contributed by atoms with Crippen LogP contribution in [0.15, 0.2) is 40.7 Å². The molecule has 0 radical (unpaired) electrons. The minimum absolute atomic E-state index is 0. The number of halogens is 1. The standard InChI is InChI=1S/C21H31N3O2S.HI/c1-21(2,19-8-7-13-27-19)15-23-20(22-3)24(4)12-11-16-9-10-17(25-5)18(14-16)26-6;/h7-10,13-14H,11-12,15H2,1-6H3,(H,22,23);1H. The van der Waals surface area contributed by atoms with Crippen molar-refractivity contribution in [2.75, 3.05) is 41.4 Å². The van der Waals surface area contributed by atoms with Crippen LogP contribution >= 0.6 is 35.3 Å². The van der Waals surface area contributed by atoms with Gasteiger partial charge in [-0.25, -0.2) is 0 Å². The van der Waals surface area contributed by atoms with Gasteiger partial charge in [-0.3, -0.25) is 4.99 Å². The Bertz CT molecular complexity index is 748. The Morgan fingerprint density at radius 1 is 1.18 bits per heavy atom. The van der Waals surface area contributed by atoms with Gasteiger partial charge in [-0.1, -0.05) is 26.0 Å². The highest BCUT2D eigenvalue weighted by Crippen LogP contribution is 2.28. The van der Waals surface area contributed by atoms with Crippen molar-refractivity contribution >= 4 is 41.3 Å². The maximum atomic E-state index is 5.39. The molecule has 0 atom stereocenters. The first-order valence-corrected chi connectivity index (χ1v) is 9.96. The Morgan fingerprint density at radius 3 is 2.46 bits per heavy atom. The second-order valence-corrected chi connectivity index (χ2v) is 8.07. The molecule has 0 spiro atoms. The Kier molecular flexibility index (Phi) is 10.1. The van der Waals surface area contributed by atoms with E-state index in [-0.39, 0.29) is 29.4 Å². The number of hydrogen-bond donors (Lipinski definition) is 1. The molecule has 0 aliphatic heterocycles. The van der Waals surface area contributed by atoms with E-state index in [9.17, 15) is 0 Å². The number of thiophene rings is 1. The Balaban J connectivity index is 0.00000392. The quantitative estimate of drug-likeness (QED) is 0.320. The van der Waals surface area contributed by atoms with Crippen molar-refractivity contribution in [3.63, 3.8) is 0 Å².